The first-order valence-electron chi connectivity index (χ1n) is 5.74. The molecule has 0 saturated carbocycles. The van der Waals surface area contributed by atoms with Gasteiger partial charge in [-0.1, -0.05) is 0 Å². The highest BCUT2D eigenvalue weighted by Crippen LogP contribution is 2.27. The summed E-state index contributed by atoms with van der Waals surface area (Å²) in [6.07, 6.45) is 2.23. The molecule has 2 saturated heterocycles. The molecular weight excluding hydrogens is 208 g/mol. The van der Waals surface area contributed by atoms with Crippen LogP contribution in [0.2, 0.25) is 0 Å². The third kappa shape index (κ3) is 1.97. The van der Waals surface area contributed by atoms with Crippen LogP contribution < -0.4 is 0 Å². The minimum absolute atomic E-state index is 0.119. The van der Waals surface area contributed by atoms with Gasteiger partial charge in [-0.25, -0.2) is 0 Å². The second-order valence-electron chi connectivity index (χ2n) is 4.58. The number of aldehydes is 1. The first-order valence-corrected chi connectivity index (χ1v) is 5.74. The van der Waals surface area contributed by atoms with Gasteiger partial charge >= 0.3 is 0 Å². The molecule has 0 radical (unpaired) electrons. The maximum Gasteiger partial charge on any atom is 0.237 e. The summed E-state index contributed by atoms with van der Waals surface area (Å²) in [5, 5.41) is 0. The number of piperazine rings is 1. The molecule has 0 aliphatic carbocycles. The van der Waals surface area contributed by atoms with Gasteiger partial charge in [0.1, 0.15) is 18.6 Å². The number of rotatable bonds is 3. The highest BCUT2D eigenvalue weighted by atomic mass is 16.5. The van der Waals surface area contributed by atoms with Crippen LogP contribution in [-0.2, 0) is 14.3 Å². The Morgan fingerprint density at radius 3 is 3.00 bits per heavy atom. The fraction of sp³-hybridized carbons (Fsp3) is 0.818. The summed E-state index contributed by atoms with van der Waals surface area (Å²) in [6, 6.07) is 0.119. The topological polar surface area (TPSA) is 49.9 Å². The van der Waals surface area contributed by atoms with Crippen molar-refractivity contribution in [3.8, 4) is 0 Å². The van der Waals surface area contributed by atoms with Crippen LogP contribution in [0, 0.1) is 0 Å². The molecule has 0 aromatic carbocycles. The van der Waals surface area contributed by atoms with E-state index in [4.69, 9.17) is 4.74 Å². The Balaban J connectivity index is 2.10. The zero-order valence-electron chi connectivity index (χ0n) is 9.76. The molecule has 0 aromatic rings. The maximum absolute atomic E-state index is 11.7. The van der Waals surface area contributed by atoms with Crippen molar-refractivity contribution in [3.05, 3.63) is 0 Å². The lowest BCUT2D eigenvalue weighted by Crippen LogP contribution is -2.60. The highest BCUT2D eigenvalue weighted by Gasteiger charge is 2.42. The third-order valence-electron chi connectivity index (χ3n) is 3.31. The van der Waals surface area contributed by atoms with Crippen molar-refractivity contribution in [1.82, 2.24) is 9.80 Å². The van der Waals surface area contributed by atoms with Crippen LogP contribution in [0.4, 0.5) is 0 Å². The number of carbonyl (C=O) groups is 2. The van der Waals surface area contributed by atoms with E-state index >= 15 is 0 Å². The lowest BCUT2D eigenvalue weighted by Gasteiger charge is -2.42. The van der Waals surface area contributed by atoms with Crippen molar-refractivity contribution in [3.63, 3.8) is 0 Å². The molecule has 2 rings (SSSR count). The third-order valence-corrected chi connectivity index (χ3v) is 3.31. The normalized spacial score (nSPS) is 32.6. The van der Waals surface area contributed by atoms with Gasteiger partial charge in [-0.05, 0) is 26.8 Å². The van der Waals surface area contributed by atoms with Crippen molar-refractivity contribution in [2.75, 3.05) is 20.1 Å². The van der Waals surface area contributed by atoms with E-state index in [0.717, 1.165) is 25.7 Å². The first-order chi connectivity index (χ1) is 7.63. The SMILES string of the molecule is CC(C=O)OC1C2CCCN2C(=O)CN1C. The quantitative estimate of drug-likeness (QED) is 0.628. The van der Waals surface area contributed by atoms with Crippen LogP contribution in [0.1, 0.15) is 19.8 Å². The van der Waals surface area contributed by atoms with Gasteiger partial charge in [0.25, 0.3) is 0 Å². The zero-order valence-corrected chi connectivity index (χ0v) is 9.76. The Kier molecular flexibility index (Phi) is 3.25. The number of hydrogen-bond acceptors (Lipinski definition) is 4. The van der Waals surface area contributed by atoms with E-state index in [9.17, 15) is 9.59 Å². The molecule has 0 aromatic heterocycles. The Labute approximate surface area is 95.3 Å². The number of fused-ring (bicyclic) bond motifs is 1. The van der Waals surface area contributed by atoms with Gasteiger partial charge in [-0.15, -0.1) is 0 Å². The van der Waals surface area contributed by atoms with E-state index in [1.54, 1.807) is 6.92 Å². The van der Waals surface area contributed by atoms with Gasteiger partial charge in [0.2, 0.25) is 5.91 Å². The first kappa shape index (κ1) is 11.5. The summed E-state index contributed by atoms with van der Waals surface area (Å²) < 4.78 is 5.68. The number of likely N-dealkylation sites (N-methyl/N-ethyl adjacent to an activating group) is 1. The number of amides is 1. The Bertz CT molecular complexity index is 295. The number of hydrogen-bond donors (Lipinski definition) is 0. The summed E-state index contributed by atoms with van der Waals surface area (Å²) in [6.45, 7) is 2.94. The van der Waals surface area contributed by atoms with Gasteiger partial charge < -0.3 is 14.4 Å². The molecule has 0 spiro atoms. The zero-order chi connectivity index (χ0) is 11.7. The minimum Gasteiger partial charge on any atom is -0.351 e. The van der Waals surface area contributed by atoms with Crippen LogP contribution >= 0.6 is 0 Å². The molecule has 0 bridgehead atoms. The Morgan fingerprint density at radius 2 is 2.31 bits per heavy atom. The molecule has 2 heterocycles. The predicted molar refractivity (Wildman–Crippen MR) is 57.8 cm³/mol. The summed E-state index contributed by atoms with van der Waals surface area (Å²) in [7, 11) is 1.87. The minimum atomic E-state index is -0.414. The van der Waals surface area contributed by atoms with E-state index in [1.807, 2.05) is 16.8 Å². The fourth-order valence-electron chi connectivity index (χ4n) is 2.53. The smallest absolute Gasteiger partial charge is 0.237 e. The molecule has 2 aliphatic rings. The van der Waals surface area contributed by atoms with Crippen LogP contribution in [0.15, 0.2) is 0 Å². The number of nitrogens with zero attached hydrogens (tertiary/aromatic N) is 2. The van der Waals surface area contributed by atoms with E-state index in [0.29, 0.717) is 6.54 Å². The van der Waals surface area contributed by atoms with E-state index in [2.05, 4.69) is 0 Å². The molecule has 5 heteroatoms. The van der Waals surface area contributed by atoms with Crippen molar-refractivity contribution < 1.29 is 14.3 Å². The van der Waals surface area contributed by atoms with E-state index in [-0.39, 0.29) is 18.2 Å². The van der Waals surface area contributed by atoms with Crippen molar-refractivity contribution in [1.29, 1.82) is 0 Å². The summed E-state index contributed by atoms with van der Waals surface area (Å²) in [5.74, 6) is 0.170. The molecule has 16 heavy (non-hydrogen) atoms. The van der Waals surface area contributed by atoms with Crippen molar-refractivity contribution in [2.24, 2.45) is 0 Å². The van der Waals surface area contributed by atoms with Crippen molar-refractivity contribution >= 4 is 12.2 Å². The fourth-order valence-corrected chi connectivity index (χ4v) is 2.53. The predicted octanol–water partition coefficient (Wildman–Crippen LogP) is -0.147. The molecule has 3 unspecified atom stereocenters. The second-order valence-corrected chi connectivity index (χ2v) is 4.58. The van der Waals surface area contributed by atoms with Crippen LogP contribution in [0.5, 0.6) is 0 Å². The number of ether oxygens (including phenoxy) is 1. The molecule has 1 amide bonds. The van der Waals surface area contributed by atoms with Gasteiger partial charge in [-0.2, -0.15) is 0 Å². The molecule has 2 aliphatic heterocycles. The molecule has 0 N–H and O–H groups in total. The molecule has 90 valence electrons. The monoisotopic (exact) mass is 226 g/mol. The van der Waals surface area contributed by atoms with Gasteiger partial charge in [-0.3, -0.25) is 9.69 Å². The van der Waals surface area contributed by atoms with Gasteiger partial charge in [0.15, 0.2) is 0 Å². The number of carbonyl (C=O) groups excluding carboxylic acids is 2. The summed E-state index contributed by atoms with van der Waals surface area (Å²) >= 11 is 0. The van der Waals surface area contributed by atoms with Crippen LogP contribution in [0.25, 0.3) is 0 Å². The average molecular weight is 226 g/mol. The summed E-state index contributed by atoms with van der Waals surface area (Å²) in [4.78, 5) is 26.2. The lowest BCUT2D eigenvalue weighted by molar-refractivity contribution is -0.168. The van der Waals surface area contributed by atoms with Gasteiger partial charge in [0, 0.05) is 6.54 Å². The average Bonchev–Trinajstić information content (AvgIpc) is 2.73. The molecular formula is C11H18N2O3. The second kappa shape index (κ2) is 4.51. The van der Waals surface area contributed by atoms with E-state index in [1.165, 1.54) is 0 Å². The van der Waals surface area contributed by atoms with Gasteiger partial charge in [0.05, 0.1) is 12.6 Å². The summed E-state index contributed by atoms with van der Waals surface area (Å²) in [5.41, 5.74) is 0. The molecule has 2 fully saturated rings. The maximum atomic E-state index is 11.7. The Hall–Kier alpha value is -0.940. The standard InChI is InChI=1S/C11H18N2O3/c1-8(7-14)16-11-9-4-3-5-13(9)10(15)6-12(11)2/h7-9,11H,3-6H2,1-2H3. The van der Waals surface area contributed by atoms with E-state index < -0.39 is 6.10 Å². The molecule has 3 atom stereocenters. The van der Waals surface area contributed by atoms with Crippen molar-refractivity contribution in [2.45, 2.75) is 38.1 Å². The molecule has 5 nitrogen and oxygen atoms in total. The van der Waals surface area contributed by atoms with Crippen LogP contribution in [-0.4, -0.2) is 60.5 Å². The largest absolute Gasteiger partial charge is 0.351 e. The highest BCUT2D eigenvalue weighted by molar-refractivity contribution is 5.79. The Morgan fingerprint density at radius 1 is 1.56 bits per heavy atom. The van der Waals surface area contributed by atoms with Crippen LogP contribution in [0.3, 0.4) is 0 Å². The lowest BCUT2D eigenvalue weighted by atomic mass is 10.1.